The number of aromatic nitrogens is 4. The molecule has 0 aliphatic carbocycles. The van der Waals surface area contributed by atoms with E-state index in [4.69, 9.17) is 9.47 Å². The molecule has 9 heteroatoms. The van der Waals surface area contributed by atoms with Gasteiger partial charge in [0.05, 0.1) is 6.54 Å². The molecule has 0 aliphatic rings. The molecule has 4 aromatic rings. The minimum absolute atomic E-state index is 0.0720. The number of rotatable bonds is 9. The predicted octanol–water partition coefficient (Wildman–Crippen LogP) is 3.07. The van der Waals surface area contributed by atoms with Crippen LogP contribution >= 0.6 is 0 Å². The average molecular weight is 435 g/mol. The summed E-state index contributed by atoms with van der Waals surface area (Å²) < 4.78 is 25.8. The SMILES string of the molecule is CCc1ccc(OCC(=O)NCCOc2ccc3nnc(-c4ccc(F)cc4)n3n2)cc1. The fourth-order valence-corrected chi connectivity index (χ4v) is 3.00. The molecule has 1 N–H and O–H groups in total. The van der Waals surface area contributed by atoms with Gasteiger partial charge in [-0.3, -0.25) is 4.79 Å². The zero-order chi connectivity index (χ0) is 22.3. The number of nitrogens with zero attached hydrogens (tertiary/aromatic N) is 4. The Balaban J connectivity index is 1.27. The number of hydrogen-bond acceptors (Lipinski definition) is 6. The number of halogens is 1. The van der Waals surface area contributed by atoms with Gasteiger partial charge in [0.25, 0.3) is 5.91 Å². The summed E-state index contributed by atoms with van der Waals surface area (Å²) in [7, 11) is 0. The van der Waals surface area contributed by atoms with Crippen LogP contribution in [0.15, 0.2) is 60.7 Å². The molecule has 0 atom stereocenters. The molecule has 0 unspecified atom stereocenters. The molecule has 0 fully saturated rings. The van der Waals surface area contributed by atoms with E-state index in [1.807, 2.05) is 24.3 Å². The van der Waals surface area contributed by atoms with Crippen LogP contribution in [0, 0.1) is 5.82 Å². The second-order valence-corrected chi connectivity index (χ2v) is 6.96. The first-order valence-corrected chi connectivity index (χ1v) is 10.2. The van der Waals surface area contributed by atoms with Crippen molar-refractivity contribution < 1.29 is 18.7 Å². The highest BCUT2D eigenvalue weighted by Gasteiger charge is 2.11. The normalized spacial score (nSPS) is 10.8. The Morgan fingerprint density at radius 3 is 2.53 bits per heavy atom. The maximum Gasteiger partial charge on any atom is 0.258 e. The first kappa shape index (κ1) is 21.2. The van der Waals surface area contributed by atoms with Crippen LogP contribution < -0.4 is 14.8 Å². The summed E-state index contributed by atoms with van der Waals surface area (Å²) in [5.41, 5.74) is 2.43. The highest BCUT2D eigenvalue weighted by atomic mass is 19.1. The molecule has 8 nitrogen and oxygen atoms in total. The van der Waals surface area contributed by atoms with Gasteiger partial charge in [0.15, 0.2) is 18.1 Å². The lowest BCUT2D eigenvalue weighted by atomic mass is 10.2. The first-order valence-electron chi connectivity index (χ1n) is 10.2. The van der Waals surface area contributed by atoms with E-state index in [-0.39, 0.29) is 24.9 Å². The number of aryl methyl sites for hydroxylation is 1. The van der Waals surface area contributed by atoms with Gasteiger partial charge in [0.2, 0.25) is 5.88 Å². The van der Waals surface area contributed by atoms with Crippen molar-refractivity contribution in [3.8, 4) is 23.0 Å². The zero-order valence-electron chi connectivity index (χ0n) is 17.5. The lowest BCUT2D eigenvalue weighted by Gasteiger charge is -2.09. The summed E-state index contributed by atoms with van der Waals surface area (Å²) in [4.78, 5) is 12.0. The van der Waals surface area contributed by atoms with Gasteiger partial charge in [0.1, 0.15) is 18.2 Å². The Morgan fingerprint density at radius 2 is 1.78 bits per heavy atom. The molecule has 4 rings (SSSR count). The maximum atomic E-state index is 13.2. The molecule has 0 aliphatic heterocycles. The van der Waals surface area contributed by atoms with Crippen molar-refractivity contribution in [1.29, 1.82) is 0 Å². The summed E-state index contributed by atoms with van der Waals surface area (Å²) in [6.45, 7) is 2.53. The monoisotopic (exact) mass is 435 g/mol. The first-order chi connectivity index (χ1) is 15.6. The van der Waals surface area contributed by atoms with E-state index in [9.17, 15) is 9.18 Å². The van der Waals surface area contributed by atoms with Crippen LogP contribution in [0.4, 0.5) is 4.39 Å². The third kappa shape index (κ3) is 5.18. The topological polar surface area (TPSA) is 90.6 Å². The second-order valence-electron chi connectivity index (χ2n) is 6.96. The fourth-order valence-electron chi connectivity index (χ4n) is 3.00. The molecule has 0 radical (unpaired) electrons. The van der Waals surface area contributed by atoms with Gasteiger partial charge in [-0.05, 0) is 54.4 Å². The number of nitrogens with one attached hydrogen (secondary N) is 1. The van der Waals surface area contributed by atoms with Gasteiger partial charge in [-0.1, -0.05) is 19.1 Å². The molecular formula is C23H22FN5O3. The molecule has 0 bridgehead atoms. The zero-order valence-corrected chi connectivity index (χ0v) is 17.5. The van der Waals surface area contributed by atoms with Crippen LogP contribution in [-0.2, 0) is 11.2 Å². The second kappa shape index (κ2) is 9.86. The summed E-state index contributed by atoms with van der Waals surface area (Å²) >= 11 is 0. The Kier molecular flexibility index (Phi) is 6.54. The van der Waals surface area contributed by atoms with Crippen molar-refractivity contribution >= 4 is 11.6 Å². The Labute approximate surface area is 184 Å². The minimum Gasteiger partial charge on any atom is -0.484 e. The molecule has 1 amide bonds. The summed E-state index contributed by atoms with van der Waals surface area (Å²) in [5.74, 6) is 0.900. The summed E-state index contributed by atoms with van der Waals surface area (Å²) in [5, 5.41) is 15.3. The van der Waals surface area contributed by atoms with Crippen molar-refractivity contribution in [2.45, 2.75) is 13.3 Å². The quantitative estimate of drug-likeness (QED) is 0.407. The van der Waals surface area contributed by atoms with Gasteiger partial charge in [0, 0.05) is 11.6 Å². The van der Waals surface area contributed by atoms with Gasteiger partial charge < -0.3 is 14.8 Å². The number of amides is 1. The maximum absolute atomic E-state index is 13.2. The molecule has 32 heavy (non-hydrogen) atoms. The summed E-state index contributed by atoms with van der Waals surface area (Å²) in [6.07, 6.45) is 0.952. The van der Waals surface area contributed by atoms with Crippen LogP contribution in [-0.4, -0.2) is 45.5 Å². The van der Waals surface area contributed by atoms with Crippen LogP contribution in [0.5, 0.6) is 11.6 Å². The van der Waals surface area contributed by atoms with Crippen molar-refractivity contribution in [2.24, 2.45) is 0 Å². The van der Waals surface area contributed by atoms with Gasteiger partial charge in [-0.15, -0.1) is 15.3 Å². The van der Waals surface area contributed by atoms with E-state index < -0.39 is 0 Å². The van der Waals surface area contributed by atoms with E-state index in [1.165, 1.54) is 22.2 Å². The number of hydrogen-bond donors (Lipinski definition) is 1. The van der Waals surface area contributed by atoms with E-state index in [1.54, 1.807) is 24.3 Å². The smallest absolute Gasteiger partial charge is 0.258 e. The lowest BCUT2D eigenvalue weighted by Crippen LogP contribution is -2.32. The largest absolute Gasteiger partial charge is 0.484 e. The fraction of sp³-hybridized carbons (Fsp3) is 0.217. The van der Waals surface area contributed by atoms with Crippen molar-refractivity contribution in [3.05, 3.63) is 72.0 Å². The van der Waals surface area contributed by atoms with Crippen LogP contribution in [0.2, 0.25) is 0 Å². The molecule has 2 heterocycles. The number of carbonyl (C=O) groups is 1. The third-order valence-corrected chi connectivity index (χ3v) is 4.72. The molecule has 0 saturated heterocycles. The Bertz CT molecular complexity index is 1190. The minimum atomic E-state index is -0.332. The lowest BCUT2D eigenvalue weighted by molar-refractivity contribution is -0.123. The highest BCUT2D eigenvalue weighted by Crippen LogP contribution is 2.19. The van der Waals surface area contributed by atoms with E-state index >= 15 is 0 Å². The molecule has 0 spiro atoms. The Hall–Kier alpha value is -4.01. The highest BCUT2D eigenvalue weighted by molar-refractivity contribution is 5.77. The average Bonchev–Trinajstić information content (AvgIpc) is 3.24. The molecule has 0 saturated carbocycles. The predicted molar refractivity (Wildman–Crippen MR) is 116 cm³/mol. The van der Waals surface area contributed by atoms with Gasteiger partial charge in [-0.25, -0.2) is 4.39 Å². The van der Waals surface area contributed by atoms with Crippen LogP contribution in [0.3, 0.4) is 0 Å². The van der Waals surface area contributed by atoms with Crippen LogP contribution in [0.25, 0.3) is 17.0 Å². The number of ether oxygens (including phenoxy) is 2. The molecule has 2 aromatic heterocycles. The van der Waals surface area contributed by atoms with Crippen molar-refractivity contribution in [1.82, 2.24) is 25.1 Å². The summed E-state index contributed by atoms with van der Waals surface area (Å²) in [6, 6.07) is 17.0. The Morgan fingerprint density at radius 1 is 1.00 bits per heavy atom. The molecule has 2 aromatic carbocycles. The standard InChI is InChI=1S/C23H22FN5O3/c1-2-16-3-9-19(10-4-16)32-15-21(30)25-13-14-31-22-12-11-20-26-27-23(29(20)28-22)17-5-7-18(24)8-6-17/h3-12H,2,13-15H2,1H3,(H,25,30). The molecule has 164 valence electrons. The van der Waals surface area contributed by atoms with E-state index in [0.717, 1.165) is 6.42 Å². The van der Waals surface area contributed by atoms with Crippen LogP contribution in [0.1, 0.15) is 12.5 Å². The van der Waals surface area contributed by atoms with E-state index in [0.29, 0.717) is 35.2 Å². The van der Waals surface area contributed by atoms with Gasteiger partial charge >= 0.3 is 0 Å². The van der Waals surface area contributed by atoms with Crippen molar-refractivity contribution in [2.75, 3.05) is 19.8 Å². The van der Waals surface area contributed by atoms with Gasteiger partial charge in [-0.2, -0.15) is 4.52 Å². The van der Waals surface area contributed by atoms with E-state index in [2.05, 4.69) is 27.5 Å². The third-order valence-electron chi connectivity index (χ3n) is 4.72. The molecular weight excluding hydrogens is 413 g/mol. The van der Waals surface area contributed by atoms with Crippen molar-refractivity contribution in [3.63, 3.8) is 0 Å². The number of benzene rings is 2. The number of fused-ring (bicyclic) bond motifs is 1. The number of carbonyl (C=O) groups excluding carboxylic acids is 1.